The molecule has 0 amide bonds. The van der Waals surface area contributed by atoms with E-state index in [1.54, 1.807) is 0 Å². The maximum absolute atomic E-state index is 9.44. The van der Waals surface area contributed by atoms with Gasteiger partial charge in [0.1, 0.15) is 5.54 Å². The van der Waals surface area contributed by atoms with Crippen molar-refractivity contribution in [3.63, 3.8) is 0 Å². The van der Waals surface area contributed by atoms with Crippen molar-refractivity contribution in [3.05, 3.63) is 28.7 Å². The van der Waals surface area contributed by atoms with Crippen LogP contribution in [0.25, 0.3) is 0 Å². The molecule has 2 rings (SSSR count). The van der Waals surface area contributed by atoms with Gasteiger partial charge in [0, 0.05) is 10.2 Å². The smallest absolute Gasteiger partial charge is 0.125 e. The summed E-state index contributed by atoms with van der Waals surface area (Å²) in [5, 5.41) is 12.8. The second kappa shape index (κ2) is 5.10. The third-order valence-corrected chi connectivity index (χ3v) is 4.18. The Kier molecular flexibility index (Phi) is 3.73. The summed E-state index contributed by atoms with van der Waals surface area (Å²) in [4.78, 5) is 0. The van der Waals surface area contributed by atoms with Crippen LogP contribution in [0.2, 0.25) is 0 Å². The Morgan fingerprint density at radius 1 is 1.29 bits per heavy atom. The molecule has 0 aliphatic heterocycles. The lowest BCUT2D eigenvalue weighted by atomic mass is 9.85. The lowest BCUT2D eigenvalue weighted by Gasteiger charge is -2.30. The summed E-state index contributed by atoms with van der Waals surface area (Å²) >= 11 is 3.42. The summed E-state index contributed by atoms with van der Waals surface area (Å²) < 4.78 is 1.06. The number of anilines is 1. The fraction of sp³-hybridized carbons (Fsp3) is 0.500. The summed E-state index contributed by atoms with van der Waals surface area (Å²) in [6.45, 7) is 2.02. The minimum absolute atomic E-state index is 0.440. The first-order chi connectivity index (χ1) is 8.14. The van der Waals surface area contributed by atoms with Crippen molar-refractivity contribution in [2.45, 2.75) is 38.1 Å². The van der Waals surface area contributed by atoms with Crippen LogP contribution >= 0.6 is 15.9 Å². The second-order valence-electron chi connectivity index (χ2n) is 4.93. The zero-order valence-electron chi connectivity index (χ0n) is 10.0. The average molecular weight is 293 g/mol. The number of hydrogen-bond donors (Lipinski definition) is 1. The molecule has 1 unspecified atom stereocenters. The van der Waals surface area contributed by atoms with E-state index in [9.17, 15) is 5.26 Å². The number of halogens is 1. The van der Waals surface area contributed by atoms with Gasteiger partial charge in [-0.15, -0.1) is 0 Å². The molecule has 17 heavy (non-hydrogen) atoms. The monoisotopic (exact) mass is 292 g/mol. The Balaban J connectivity index is 2.14. The normalized spacial score (nSPS) is 19.6. The van der Waals surface area contributed by atoms with Crippen molar-refractivity contribution in [2.24, 2.45) is 5.92 Å². The van der Waals surface area contributed by atoms with E-state index in [0.717, 1.165) is 23.0 Å². The molecule has 1 aromatic carbocycles. The predicted octanol–water partition coefficient (Wildman–Crippen LogP) is 4.33. The highest BCUT2D eigenvalue weighted by Gasteiger charge is 2.36. The molecule has 0 saturated heterocycles. The largest absolute Gasteiger partial charge is 0.367 e. The fourth-order valence-electron chi connectivity index (χ4n) is 2.56. The van der Waals surface area contributed by atoms with Gasteiger partial charge >= 0.3 is 0 Å². The molecule has 2 nitrogen and oxygen atoms in total. The van der Waals surface area contributed by atoms with Crippen molar-refractivity contribution in [3.8, 4) is 6.07 Å². The molecule has 90 valence electrons. The Labute approximate surface area is 111 Å². The fourth-order valence-corrected chi connectivity index (χ4v) is 2.82. The third-order valence-electron chi connectivity index (χ3n) is 3.65. The van der Waals surface area contributed by atoms with Gasteiger partial charge < -0.3 is 5.32 Å². The van der Waals surface area contributed by atoms with Crippen molar-refractivity contribution in [1.82, 2.24) is 0 Å². The first-order valence-electron chi connectivity index (χ1n) is 6.09. The second-order valence-corrected chi connectivity index (χ2v) is 5.84. The van der Waals surface area contributed by atoms with Crippen LogP contribution in [0.5, 0.6) is 0 Å². The molecule has 1 N–H and O–H groups in total. The van der Waals surface area contributed by atoms with E-state index in [-0.39, 0.29) is 0 Å². The van der Waals surface area contributed by atoms with Gasteiger partial charge in [-0.05, 0) is 49.9 Å². The summed E-state index contributed by atoms with van der Waals surface area (Å²) in [5.74, 6) is 0.469. The van der Waals surface area contributed by atoms with Crippen LogP contribution in [0, 0.1) is 17.2 Å². The first-order valence-corrected chi connectivity index (χ1v) is 6.88. The number of nitrogens with one attached hydrogen (secondary N) is 1. The Morgan fingerprint density at radius 2 is 1.88 bits per heavy atom. The molecular formula is C14H17BrN2. The maximum Gasteiger partial charge on any atom is 0.125 e. The van der Waals surface area contributed by atoms with Gasteiger partial charge in [0.2, 0.25) is 0 Å². The molecule has 1 aliphatic rings. The molecule has 1 aromatic rings. The van der Waals surface area contributed by atoms with E-state index in [1.807, 2.05) is 31.2 Å². The maximum atomic E-state index is 9.44. The van der Waals surface area contributed by atoms with Gasteiger partial charge in [0.15, 0.2) is 0 Å². The predicted molar refractivity (Wildman–Crippen MR) is 73.7 cm³/mol. The number of nitrogens with zero attached hydrogens (tertiary/aromatic N) is 1. The molecule has 0 radical (unpaired) electrons. The quantitative estimate of drug-likeness (QED) is 0.900. The minimum atomic E-state index is -0.440. The molecule has 3 heteroatoms. The summed E-state index contributed by atoms with van der Waals surface area (Å²) in [5.41, 5.74) is 0.578. The van der Waals surface area contributed by atoms with Gasteiger partial charge in [-0.25, -0.2) is 0 Å². The van der Waals surface area contributed by atoms with Crippen molar-refractivity contribution in [1.29, 1.82) is 5.26 Å². The molecule has 1 fully saturated rings. The van der Waals surface area contributed by atoms with Crippen LogP contribution in [0.4, 0.5) is 5.69 Å². The summed E-state index contributed by atoms with van der Waals surface area (Å²) in [6.07, 6.45) is 4.83. The highest BCUT2D eigenvalue weighted by Crippen LogP contribution is 2.35. The highest BCUT2D eigenvalue weighted by molar-refractivity contribution is 9.10. The topological polar surface area (TPSA) is 35.8 Å². The van der Waals surface area contributed by atoms with E-state index in [1.165, 1.54) is 12.8 Å². The van der Waals surface area contributed by atoms with E-state index >= 15 is 0 Å². The number of nitriles is 1. The molecule has 0 heterocycles. The Morgan fingerprint density at radius 3 is 2.41 bits per heavy atom. The zero-order valence-corrected chi connectivity index (χ0v) is 11.6. The summed E-state index contributed by atoms with van der Waals surface area (Å²) in [6, 6.07) is 10.5. The van der Waals surface area contributed by atoms with Gasteiger partial charge in [0.25, 0.3) is 0 Å². The molecule has 1 atom stereocenters. The van der Waals surface area contributed by atoms with Crippen LogP contribution in [0.1, 0.15) is 32.6 Å². The SMILES string of the molecule is CC(C#N)(Nc1ccc(Br)cc1)C1CCCC1. The lowest BCUT2D eigenvalue weighted by molar-refractivity contribution is 0.404. The van der Waals surface area contributed by atoms with Crippen LogP contribution in [0.3, 0.4) is 0 Å². The third kappa shape index (κ3) is 2.81. The van der Waals surface area contributed by atoms with Crippen molar-refractivity contribution in [2.75, 3.05) is 5.32 Å². The van der Waals surface area contributed by atoms with Crippen molar-refractivity contribution >= 4 is 21.6 Å². The molecular weight excluding hydrogens is 276 g/mol. The molecule has 1 aliphatic carbocycles. The lowest BCUT2D eigenvalue weighted by Crippen LogP contribution is -2.40. The summed E-state index contributed by atoms with van der Waals surface area (Å²) in [7, 11) is 0. The van der Waals surface area contributed by atoms with Gasteiger partial charge in [-0.1, -0.05) is 28.8 Å². The van der Waals surface area contributed by atoms with Crippen LogP contribution in [-0.4, -0.2) is 5.54 Å². The van der Waals surface area contributed by atoms with Crippen LogP contribution in [-0.2, 0) is 0 Å². The Hall–Kier alpha value is -1.01. The molecule has 0 aromatic heterocycles. The number of rotatable bonds is 3. The van der Waals surface area contributed by atoms with Gasteiger partial charge in [0.05, 0.1) is 6.07 Å². The zero-order chi connectivity index (χ0) is 12.3. The van der Waals surface area contributed by atoms with Gasteiger partial charge in [-0.3, -0.25) is 0 Å². The van der Waals surface area contributed by atoms with Gasteiger partial charge in [-0.2, -0.15) is 5.26 Å². The standard InChI is InChI=1S/C14H17BrN2/c1-14(10-16,11-4-2-3-5-11)17-13-8-6-12(15)7-9-13/h6-9,11,17H,2-5H2,1H3. The average Bonchev–Trinajstić information content (AvgIpc) is 2.86. The molecule has 0 spiro atoms. The first kappa shape index (κ1) is 12.4. The Bertz CT molecular complexity index is 415. The van der Waals surface area contributed by atoms with E-state index in [0.29, 0.717) is 5.92 Å². The van der Waals surface area contributed by atoms with E-state index in [2.05, 4.69) is 27.3 Å². The van der Waals surface area contributed by atoms with Crippen LogP contribution < -0.4 is 5.32 Å². The number of benzene rings is 1. The molecule has 0 bridgehead atoms. The minimum Gasteiger partial charge on any atom is -0.367 e. The van der Waals surface area contributed by atoms with E-state index < -0.39 is 5.54 Å². The van der Waals surface area contributed by atoms with Crippen molar-refractivity contribution < 1.29 is 0 Å². The highest BCUT2D eigenvalue weighted by atomic mass is 79.9. The van der Waals surface area contributed by atoms with Crippen LogP contribution in [0.15, 0.2) is 28.7 Å². The molecule has 1 saturated carbocycles. The number of hydrogen-bond acceptors (Lipinski definition) is 2. The van der Waals surface area contributed by atoms with E-state index in [4.69, 9.17) is 0 Å².